The van der Waals surface area contributed by atoms with Crippen LogP contribution in [-0.2, 0) is 13.6 Å². The van der Waals surface area contributed by atoms with Gasteiger partial charge in [0.25, 0.3) is 0 Å². The molecule has 0 aliphatic carbocycles. The topological polar surface area (TPSA) is 35.5 Å². The average Bonchev–Trinajstić information content (AvgIpc) is 2.54. The summed E-state index contributed by atoms with van der Waals surface area (Å²) in [6, 6.07) is 9.66. The molecule has 3 nitrogen and oxygen atoms in total. The molecule has 1 heterocycles. The molecule has 0 amide bonds. The van der Waals surface area contributed by atoms with Crippen LogP contribution in [0.1, 0.15) is 11.7 Å². The molecular formula is C8H9O3P. The Labute approximate surface area is 71.3 Å². The predicted octanol–water partition coefficient (Wildman–Crippen LogP) is 2.16. The third kappa shape index (κ3) is 1.58. The Hall–Kier alpha value is -0.630. The van der Waals surface area contributed by atoms with Crippen molar-refractivity contribution in [3.8, 4) is 0 Å². The van der Waals surface area contributed by atoms with Crippen LogP contribution in [0, 0.1) is 0 Å². The van der Waals surface area contributed by atoms with Gasteiger partial charge in [0.15, 0.2) is 0 Å². The maximum Gasteiger partial charge on any atom is 0.319 e. The number of benzene rings is 1. The molecule has 1 aromatic rings. The maximum atomic E-state index is 10.8. The molecule has 1 aliphatic heterocycles. The second-order valence-electron chi connectivity index (χ2n) is 2.58. The highest BCUT2D eigenvalue weighted by atomic mass is 31.1. The third-order valence-electron chi connectivity index (χ3n) is 1.76. The molecule has 2 atom stereocenters. The summed E-state index contributed by atoms with van der Waals surface area (Å²) in [4.78, 5) is 0. The molecule has 0 bridgehead atoms. The maximum absolute atomic E-state index is 10.8. The zero-order valence-electron chi connectivity index (χ0n) is 6.40. The van der Waals surface area contributed by atoms with Crippen molar-refractivity contribution in [1.29, 1.82) is 0 Å². The van der Waals surface area contributed by atoms with Gasteiger partial charge in [0.05, 0.1) is 6.61 Å². The molecule has 2 rings (SSSR count). The van der Waals surface area contributed by atoms with Crippen molar-refractivity contribution >= 4 is 8.25 Å². The molecule has 0 radical (unpaired) electrons. The summed E-state index contributed by atoms with van der Waals surface area (Å²) in [6.45, 7) is 0.405. The first-order valence-electron chi connectivity index (χ1n) is 3.74. The lowest BCUT2D eigenvalue weighted by atomic mass is 10.1. The predicted molar refractivity (Wildman–Crippen MR) is 45.2 cm³/mol. The Morgan fingerprint density at radius 2 is 2.08 bits per heavy atom. The lowest BCUT2D eigenvalue weighted by molar-refractivity contribution is 0.243. The Bertz CT molecular complexity index is 286. The van der Waals surface area contributed by atoms with Crippen LogP contribution in [0.5, 0.6) is 0 Å². The summed E-state index contributed by atoms with van der Waals surface area (Å²) in [5, 5.41) is 0. The summed E-state index contributed by atoms with van der Waals surface area (Å²) in [5.41, 5.74) is 1.02. The highest BCUT2D eigenvalue weighted by Crippen LogP contribution is 2.40. The monoisotopic (exact) mass is 184 g/mol. The van der Waals surface area contributed by atoms with Gasteiger partial charge in [-0.3, -0.25) is 9.09 Å². The number of hydrogen-bond acceptors (Lipinski definition) is 3. The third-order valence-corrected chi connectivity index (χ3v) is 2.64. The van der Waals surface area contributed by atoms with Crippen LogP contribution >= 0.6 is 8.25 Å². The molecule has 1 aromatic carbocycles. The molecule has 0 spiro atoms. The van der Waals surface area contributed by atoms with E-state index in [4.69, 9.17) is 9.05 Å². The first-order chi connectivity index (χ1) is 5.86. The Balaban J connectivity index is 2.16. The van der Waals surface area contributed by atoms with Crippen LogP contribution in [0.2, 0.25) is 0 Å². The van der Waals surface area contributed by atoms with Crippen molar-refractivity contribution in [2.75, 3.05) is 6.61 Å². The van der Waals surface area contributed by atoms with Crippen LogP contribution in [-0.4, -0.2) is 6.61 Å². The lowest BCUT2D eigenvalue weighted by Gasteiger charge is -2.04. The van der Waals surface area contributed by atoms with E-state index in [1.54, 1.807) is 0 Å². The largest absolute Gasteiger partial charge is 0.319 e. The Morgan fingerprint density at radius 3 is 2.67 bits per heavy atom. The van der Waals surface area contributed by atoms with E-state index in [1.165, 1.54) is 0 Å². The number of rotatable bonds is 1. The van der Waals surface area contributed by atoms with E-state index >= 15 is 0 Å². The highest BCUT2D eigenvalue weighted by Gasteiger charge is 2.23. The van der Waals surface area contributed by atoms with Crippen LogP contribution in [0.25, 0.3) is 0 Å². The van der Waals surface area contributed by atoms with Gasteiger partial charge in [-0.1, -0.05) is 30.3 Å². The van der Waals surface area contributed by atoms with Gasteiger partial charge in [0.2, 0.25) is 0 Å². The minimum Gasteiger partial charge on any atom is -0.307 e. The molecular weight excluding hydrogens is 175 g/mol. The lowest BCUT2D eigenvalue weighted by Crippen LogP contribution is -1.97. The average molecular weight is 184 g/mol. The van der Waals surface area contributed by atoms with Crippen molar-refractivity contribution in [2.24, 2.45) is 0 Å². The van der Waals surface area contributed by atoms with Gasteiger partial charge >= 0.3 is 8.25 Å². The second kappa shape index (κ2) is 3.40. The van der Waals surface area contributed by atoms with E-state index in [-0.39, 0.29) is 6.10 Å². The summed E-state index contributed by atoms with van der Waals surface area (Å²) in [5.74, 6) is 0. The quantitative estimate of drug-likeness (QED) is 0.627. The summed E-state index contributed by atoms with van der Waals surface area (Å²) >= 11 is 0. The minimum atomic E-state index is -2.20. The van der Waals surface area contributed by atoms with Crippen LogP contribution < -0.4 is 0 Å². The molecule has 1 saturated heterocycles. The molecule has 1 aliphatic rings. The molecule has 1 fully saturated rings. The summed E-state index contributed by atoms with van der Waals surface area (Å²) in [7, 11) is -2.20. The SMILES string of the molecule is O=[PH]1OCC(c2ccccc2)O1. The van der Waals surface area contributed by atoms with E-state index in [9.17, 15) is 4.57 Å². The minimum absolute atomic E-state index is 0.141. The number of hydrogen-bond donors (Lipinski definition) is 0. The fraction of sp³-hybridized carbons (Fsp3) is 0.250. The molecule has 12 heavy (non-hydrogen) atoms. The molecule has 0 aromatic heterocycles. The van der Waals surface area contributed by atoms with E-state index in [1.807, 2.05) is 30.3 Å². The second-order valence-corrected chi connectivity index (χ2v) is 3.60. The fourth-order valence-electron chi connectivity index (χ4n) is 1.16. The van der Waals surface area contributed by atoms with Gasteiger partial charge in [0.1, 0.15) is 6.10 Å². The molecule has 0 N–H and O–H groups in total. The molecule has 4 heteroatoms. The normalized spacial score (nSPS) is 29.0. The summed E-state index contributed by atoms with van der Waals surface area (Å²) < 4.78 is 20.7. The fourth-order valence-corrected chi connectivity index (χ4v) is 1.95. The van der Waals surface area contributed by atoms with E-state index < -0.39 is 8.25 Å². The highest BCUT2D eigenvalue weighted by molar-refractivity contribution is 7.33. The first kappa shape index (κ1) is 7.99. The van der Waals surface area contributed by atoms with E-state index in [0.29, 0.717) is 6.61 Å². The van der Waals surface area contributed by atoms with Gasteiger partial charge in [0, 0.05) is 0 Å². The van der Waals surface area contributed by atoms with Crippen molar-refractivity contribution in [3.05, 3.63) is 35.9 Å². The van der Waals surface area contributed by atoms with Gasteiger partial charge in [-0.2, -0.15) is 0 Å². The van der Waals surface area contributed by atoms with Gasteiger partial charge in [-0.05, 0) is 5.56 Å². The Morgan fingerprint density at radius 1 is 1.33 bits per heavy atom. The zero-order valence-corrected chi connectivity index (χ0v) is 7.40. The van der Waals surface area contributed by atoms with Crippen LogP contribution in [0.4, 0.5) is 0 Å². The van der Waals surface area contributed by atoms with Crippen LogP contribution in [0.3, 0.4) is 0 Å². The van der Waals surface area contributed by atoms with Crippen molar-refractivity contribution in [1.82, 2.24) is 0 Å². The molecule has 2 unspecified atom stereocenters. The first-order valence-corrected chi connectivity index (χ1v) is 4.97. The van der Waals surface area contributed by atoms with Gasteiger partial charge < -0.3 is 4.52 Å². The molecule has 64 valence electrons. The van der Waals surface area contributed by atoms with Crippen molar-refractivity contribution in [2.45, 2.75) is 6.10 Å². The van der Waals surface area contributed by atoms with Crippen molar-refractivity contribution in [3.63, 3.8) is 0 Å². The molecule has 0 saturated carbocycles. The van der Waals surface area contributed by atoms with Crippen molar-refractivity contribution < 1.29 is 13.6 Å². The smallest absolute Gasteiger partial charge is 0.307 e. The van der Waals surface area contributed by atoms with Gasteiger partial charge in [-0.15, -0.1) is 0 Å². The van der Waals surface area contributed by atoms with E-state index in [0.717, 1.165) is 5.56 Å². The van der Waals surface area contributed by atoms with E-state index in [2.05, 4.69) is 0 Å². The zero-order chi connectivity index (χ0) is 8.39. The standard InChI is InChI=1S/C8H9O3P/c9-12-10-6-8(11-12)7-4-2-1-3-5-7/h1-5,8,12H,6H2. The Kier molecular flexibility index (Phi) is 2.26. The van der Waals surface area contributed by atoms with Gasteiger partial charge in [-0.25, -0.2) is 0 Å². The van der Waals surface area contributed by atoms with Crippen LogP contribution in [0.15, 0.2) is 30.3 Å². The summed E-state index contributed by atoms with van der Waals surface area (Å²) in [6.07, 6.45) is -0.141.